The topological polar surface area (TPSA) is 35.5 Å². The molecule has 6 rings (SSSR count). The van der Waals surface area contributed by atoms with Crippen LogP contribution in [0.15, 0.2) is 67.1 Å². The molecule has 1 saturated heterocycles. The van der Waals surface area contributed by atoms with Crippen LogP contribution in [0.5, 0.6) is 0 Å². The van der Waals surface area contributed by atoms with Crippen LogP contribution in [0.4, 0.5) is 5.69 Å². The predicted molar refractivity (Wildman–Crippen MR) is 121 cm³/mol. The third kappa shape index (κ3) is 3.05. The average molecular weight is 398 g/mol. The van der Waals surface area contributed by atoms with Crippen LogP contribution in [-0.4, -0.2) is 51.6 Å². The van der Waals surface area contributed by atoms with Crippen molar-refractivity contribution in [3.05, 3.63) is 67.1 Å². The Balaban J connectivity index is 1.24. The summed E-state index contributed by atoms with van der Waals surface area (Å²) in [5, 5.41) is 0. The Morgan fingerprint density at radius 2 is 1.77 bits per heavy atom. The summed E-state index contributed by atoms with van der Waals surface area (Å²) >= 11 is 0. The Bertz CT molecular complexity index is 1090. The average Bonchev–Trinajstić information content (AvgIpc) is 3.22. The van der Waals surface area contributed by atoms with Crippen molar-refractivity contribution in [1.82, 2.24) is 19.8 Å². The molecule has 0 atom stereocenters. The molecule has 152 valence electrons. The summed E-state index contributed by atoms with van der Waals surface area (Å²) in [6.45, 7) is 4.69. The van der Waals surface area contributed by atoms with Crippen LogP contribution >= 0.6 is 0 Å². The normalized spacial score (nSPS) is 20.4. The van der Waals surface area contributed by atoms with Gasteiger partial charge < -0.3 is 14.7 Å². The van der Waals surface area contributed by atoms with Crippen molar-refractivity contribution in [2.45, 2.75) is 31.2 Å². The molecule has 0 bridgehead atoms. The molecule has 0 unspecified atom stereocenters. The van der Waals surface area contributed by atoms with Gasteiger partial charge in [-0.1, -0.05) is 30.3 Å². The number of fused-ring (bicyclic) bond motifs is 1. The minimum atomic E-state index is 0.336. The first kappa shape index (κ1) is 17.9. The zero-order chi connectivity index (χ0) is 20.0. The molecule has 1 saturated carbocycles. The third-order valence-electron chi connectivity index (χ3n) is 7.02. The highest BCUT2D eigenvalue weighted by atomic mass is 15.4. The molecule has 3 heterocycles. The first-order chi connectivity index (χ1) is 14.8. The van der Waals surface area contributed by atoms with Crippen molar-refractivity contribution >= 4 is 16.7 Å². The zero-order valence-corrected chi connectivity index (χ0v) is 17.2. The van der Waals surface area contributed by atoms with Crippen LogP contribution in [0.2, 0.25) is 0 Å². The van der Waals surface area contributed by atoms with Gasteiger partial charge >= 0.3 is 0 Å². The van der Waals surface area contributed by atoms with Crippen molar-refractivity contribution in [1.29, 1.82) is 0 Å². The summed E-state index contributed by atoms with van der Waals surface area (Å²) in [6.07, 6.45) is 11.7. The van der Waals surface area contributed by atoms with Gasteiger partial charge in [-0.15, -0.1) is 0 Å². The van der Waals surface area contributed by atoms with E-state index in [-0.39, 0.29) is 0 Å². The van der Waals surface area contributed by atoms with Crippen molar-refractivity contribution in [3.8, 4) is 11.3 Å². The van der Waals surface area contributed by atoms with Crippen LogP contribution in [0.3, 0.4) is 0 Å². The van der Waals surface area contributed by atoms with Crippen LogP contribution in [0, 0.1) is 0 Å². The Kier molecular flexibility index (Phi) is 4.23. The Morgan fingerprint density at radius 1 is 0.900 bits per heavy atom. The Labute approximate surface area is 177 Å². The highest BCUT2D eigenvalue weighted by molar-refractivity contribution is 5.81. The van der Waals surface area contributed by atoms with Gasteiger partial charge in [0.1, 0.15) is 0 Å². The first-order valence-electron chi connectivity index (χ1n) is 11.1. The lowest BCUT2D eigenvalue weighted by molar-refractivity contribution is 0.00535. The summed E-state index contributed by atoms with van der Waals surface area (Å²) in [5.41, 5.74) is 5.41. The SMILES string of the molecule is C1=CN(C2(CN3CCC3)CCC2)CN1c1ccc2ncc(-c3ccccc3)nc2c1. The minimum Gasteiger partial charge on any atom is -0.351 e. The highest BCUT2D eigenvalue weighted by Gasteiger charge is 2.44. The number of anilines is 1. The van der Waals surface area contributed by atoms with Gasteiger partial charge in [0.05, 0.1) is 35.1 Å². The molecule has 0 amide bonds. The fourth-order valence-corrected chi connectivity index (χ4v) is 4.90. The van der Waals surface area contributed by atoms with E-state index in [1.165, 1.54) is 51.0 Å². The van der Waals surface area contributed by atoms with E-state index in [1.54, 1.807) is 0 Å². The van der Waals surface area contributed by atoms with Crippen molar-refractivity contribution < 1.29 is 0 Å². The molecule has 1 aliphatic carbocycles. The largest absolute Gasteiger partial charge is 0.351 e. The predicted octanol–water partition coefficient (Wildman–Crippen LogP) is 4.48. The number of hydrogen-bond acceptors (Lipinski definition) is 5. The van der Waals surface area contributed by atoms with E-state index in [9.17, 15) is 0 Å². The first-order valence-corrected chi connectivity index (χ1v) is 11.1. The van der Waals surface area contributed by atoms with Gasteiger partial charge in [0.15, 0.2) is 0 Å². The fourth-order valence-electron chi connectivity index (χ4n) is 4.90. The molecule has 30 heavy (non-hydrogen) atoms. The van der Waals surface area contributed by atoms with E-state index in [0.29, 0.717) is 5.54 Å². The highest BCUT2D eigenvalue weighted by Crippen LogP contribution is 2.41. The second-order valence-corrected chi connectivity index (χ2v) is 8.88. The molecular weight excluding hydrogens is 370 g/mol. The molecule has 0 radical (unpaired) electrons. The van der Waals surface area contributed by atoms with Crippen LogP contribution in [-0.2, 0) is 0 Å². The summed E-state index contributed by atoms with van der Waals surface area (Å²) in [5.74, 6) is 0. The molecule has 2 aliphatic heterocycles. The molecule has 3 aromatic rings. The lowest BCUT2D eigenvalue weighted by atomic mass is 9.74. The number of benzene rings is 2. The summed E-state index contributed by atoms with van der Waals surface area (Å²) in [4.78, 5) is 17.1. The minimum absolute atomic E-state index is 0.336. The number of nitrogens with zero attached hydrogens (tertiary/aromatic N) is 5. The number of aromatic nitrogens is 2. The smallest absolute Gasteiger partial charge is 0.0947 e. The van der Waals surface area contributed by atoms with E-state index >= 15 is 0 Å². The summed E-state index contributed by atoms with van der Waals surface area (Å²) in [6, 6.07) is 16.7. The van der Waals surface area contributed by atoms with Gasteiger partial charge in [0.25, 0.3) is 0 Å². The van der Waals surface area contributed by atoms with E-state index in [1.807, 2.05) is 24.4 Å². The van der Waals surface area contributed by atoms with Gasteiger partial charge in [-0.2, -0.15) is 0 Å². The molecule has 3 aliphatic rings. The van der Waals surface area contributed by atoms with E-state index < -0.39 is 0 Å². The molecule has 2 fully saturated rings. The molecule has 1 aromatic heterocycles. The van der Waals surface area contributed by atoms with Gasteiger partial charge in [0, 0.05) is 30.2 Å². The van der Waals surface area contributed by atoms with Gasteiger partial charge in [0.2, 0.25) is 0 Å². The maximum absolute atomic E-state index is 4.90. The van der Waals surface area contributed by atoms with E-state index in [0.717, 1.165) is 29.0 Å². The maximum Gasteiger partial charge on any atom is 0.0947 e. The van der Waals surface area contributed by atoms with Crippen molar-refractivity contribution in [3.63, 3.8) is 0 Å². The van der Waals surface area contributed by atoms with Gasteiger partial charge in [-0.3, -0.25) is 4.98 Å². The number of hydrogen-bond donors (Lipinski definition) is 0. The van der Waals surface area contributed by atoms with Gasteiger partial charge in [-0.05, 0) is 57.0 Å². The van der Waals surface area contributed by atoms with Gasteiger partial charge in [-0.25, -0.2) is 4.98 Å². The van der Waals surface area contributed by atoms with Crippen LogP contribution in [0.25, 0.3) is 22.3 Å². The van der Waals surface area contributed by atoms with Crippen molar-refractivity contribution in [2.75, 3.05) is 31.2 Å². The zero-order valence-electron chi connectivity index (χ0n) is 17.2. The monoisotopic (exact) mass is 397 g/mol. The standard InChI is InChI=1S/C25H27N5/c1-2-6-20(7-3-1)24-17-26-22-9-8-21(16-23(22)27-24)29-14-15-30(19-29)25(10-4-11-25)18-28-12-5-13-28/h1-3,6-9,14-17H,4-5,10-13,18-19H2. The van der Waals surface area contributed by atoms with E-state index in [4.69, 9.17) is 4.98 Å². The summed E-state index contributed by atoms with van der Waals surface area (Å²) < 4.78 is 0. The Morgan fingerprint density at radius 3 is 2.50 bits per heavy atom. The third-order valence-corrected chi connectivity index (χ3v) is 7.02. The maximum atomic E-state index is 4.90. The van der Waals surface area contributed by atoms with E-state index in [2.05, 4.69) is 62.4 Å². The molecule has 0 spiro atoms. The second-order valence-electron chi connectivity index (χ2n) is 8.88. The molecular formula is C25H27N5. The summed E-state index contributed by atoms with van der Waals surface area (Å²) in [7, 11) is 0. The Hall–Kier alpha value is -2.92. The number of likely N-dealkylation sites (tertiary alicyclic amines) is 1. The van der Waals surface area contributed by atoms with Crippen LogP contribution < -0.4 is 4.90 Å². The molecule has 2 aromatic carbocycles. The lowest BCUT2D eigenvalue weighted by Gasteiger charge is -2.52. The molecule has 0 N–H and O–H groups in total. The number of rotatable bonds is 5. The quantitative estimate of drug-likeness (QED) is 0.634. The second kappa shape index (κ2) is 7.10. The van der Waals surface area contributed by atoms with Crippen molar-refractivity contribution in [2.24, 2.45) is 0 Å². The molecule has 5 nitrogen and oxygen atoms in total. The fraction of sp³-hybridized carbons (Fsp3) is 0.360. The lowest BCUT2D eigenvalue weighted by Crippen LogP contribution is -2.60. The molecule has 5 heteroatoms. The van der Waals surface area contributed by atoms with Crippen LogP contribution in [0.1, 0.15) is 25.7 Å².